The third-order valence-electron chi connectivity index (χ3n) is 2.73. The summed E-state index contributed by atoms with van der Waals surface area (Å²) in [6.45, 7) is 5.65. The second-order valence-electron chi connectivity index (χ2n) is 4.38. The molecule has 16 heavy (non-hydrogen) atoms. The Labute approximate surface area is 98.4 Å². The minimum absolute atomic E-state index is 0.411. The molecule has 0 aromatic carbocycles. The van der Waals surface area contributed by atoms with E-state index in [1.54, 1.807) is 18.3 Å². The zero-order valence-corrected chi connectivity index (χ0v) is 10.4. The Bertz CT molecular complexity index is 493. The standard InChI is InChI=1S/C11H15N3OS/c1-7(15)11(2,3)14-10-9-8(4-5-16-9)12-6-13-10/h4-7,15H,1-3H3,(H,12,13,14). The number of thiophene rings is 1. The molecule has 1 atom stereocenters. The number of aromatic nitrogens is 2. The van der Waals surface area contributed by atoms with Crippen molar-refractivity contribution in [1.29, 1.82) is 0 Å². The first-order chi connectivity index (χ1) is 7.50. The van der Waals surface area contributed by atoms with Gasteiger partial charge in [-0.1, -0.05) is 0 Å². The molecule has 2 heterocycles. The molecule has 86 valence electrons. The Morgan fingerprint density at radius 2 is 2.19 bits per heavy atom. The molecule has 1 unspecified atom stereocenters. The smallest absolute Gasteiger partial charge is 0.147 e. The number of nitrogens with zero attached hydrogens (tertiary/aromatic N) is 2. The predicted octanol–water partition coefficient (Wildman–Crippen LogP) is 2.26. The van der Waals surface area contributed by atoms with Gasteiger partial charge < -0.3 is 10.4 Å². The molecule has 0 saturated heterocycles. The van der Waals surface area contributed by atoms with Crippen LogP contribution in [0.4, 0.5) is 5.82 Å². The highest BCUT2D eigenvalue weighted by Crippen LogP contribution is 2.27. The minimum Gasteiger partial charge on any atom is -0.391 e. The number of fused-ring (bicyclic) bond motifs is 1. The summed E-state index contributed by atoms with van der Waals surface area (Å²) in [5, 5.41) is 14.9. The lowest BCUT2D eigenvalue weighted by Gasteiger charge is -2.29. The van der Waals surface area contributed by atoms with Crippen LogP contribution in [0, 0.1) is 0 Å². The lowest BCUT2D eigenvalue weighted by molar-refractivity contribution is 0.133. The van der Waals surface area contributed by atoms with Crippen molar-refractivity contribution < 1.29 is 5.11 Å². The summed E-state index contributed by atoms with van der Waals surface area (Å²) >= 11 is 1.60. The van der Waals surface area contributed by atoms with Gasteiger partial charge in [-0.05, 0) is 32.2 Å². The molecule has 4 nitrogen and oxygen atoms in total. The van der Waals surface area contributed by atoms with Crippen molar-refractivity contribution in [3.05, 3.63) is 17.8 Å². The van der Waals surface area contributed by atoms with E-state index >= 15 is 0 Å². The van der Waals surface area contributed by atoms with Crippen molar-refractivity contribution in [2.24, 2.45) is 0 Å². The van der Waals surface area contributed by atoms with Crippen molar-refractivity contribution in [3.8, 4) is 0 Å². The van der Waals surface area contributed by atoms with Crippen LogP contribution in [0.2, 0.25) is 0 Å². The molecule has 2 N–H and O–H groups in total. The molecule has 0 amide bonds. The van der Waals surface area contributed by atoms with Crippen LogP contribution in [0.3, 0.4) is 0 Å². The monoisotopic (exact) mass is 237 g/mol. The van der Waals surface area contributed by atoms with Gasteiger partial charge in [-0.2, -0.15) is 0 Å². The SMILES string of the molecule is CC(O)C(C)(C)Nc1ncnc2ccsc12. The number of hydrogen-bond donors (Lipinski definition) is 2. The van der Waals surface area contributed by atoms with Gasteiger partial charge >= 0.3 is 0 Å². The summed E-state index contributed by atoms with van der Waals surface area (Å²) in [5.74, 6) is 0.783. The predicted molar refractivity (Wildman–Crippen MR) is 66.8 cm³/mol. The molecule has 2 aromatic rings. The lowest BCUT2D eigenvalue weighted by atomic mass is 9.99. The molecule has 0 spiro atoms. The van der Waals surface area contributed by atoms with Crippen LogP contribution in [0.25, 0.3) is 10.2 Å². The second kappa shape index (κ2) is 3.99. The quantitative estimate of drug-likeness (QED) is 0.859. The van der Waals surface area contributed by atoms with Crippen molar-refractivity contribution in [1.82, 2.24) is 9.97 Å². The Hall–Kier alpha value is -1.20. The molecule has 5 heteroatoms. The summed E-state index contributed by atoms with van der Waals surface area (Å²) in [6, 6.07) is 1.96. The Morgan fingerprint density at radius 1 is 1.44 bits per heavy atom. The van der Waals surface area contributed by atoms with E-state index in [0.29, 0.717) is 0 Å². The van der Waals surface area contributed by atoms with Crippen LogP contribution < -0.4 is 5.32 Å². The zero-order valence-electron chi connectivity index (χ0n) is 9.56. The van der Waals surface area contributed by atoms with Crippen LogP contribution in [0.5, 0.6) is 0 Å². The molecule has 0 radical (unpaired) electrons. The van der Waals surface area contributed by atoms with E-state index in [4.69, 9.17) is 0 Å². The molecular weight excluding hydrogens is 222 g/mol. The maximum atomic E-state index is 9.66. The molecule has 0 aliphatic carbocycles. The Morgan fingerprint density at radius 3 is 2.88 bits per heavy atom. The number of rotatable bonds is 3. The maximum Gasteiger partial charge on any atom is 0.147 e. The molecule has 0 saturated carbocycles. The molecule has 2 aromatic heterocycles. The van der Waals surface area contributed by atoms with Gasteiger partial charge in [-0.15, -0.1) is 11.3 Å². The van der Waals surface area contributed by atoms with Gasteiger partial charge in [0.2, 0.25) is 0 Å². The number of hydrogen-bond acceptors (Lipinski definition) is 5. The zero-order chi connectivity index (χ0) is 11.8. The maximum absolute atomic E-state index is 9.66. The molecule has 2 rings (SSSR count). The van der Waals surface area contributed by atoms with Gasteiger partial charge in [0.15, 0.2) is 0 Å². The summed E-state index contributed by atoms with van der Waals surface area (Å²) < 4.78 is 1.02. The van der Waals surface area contributed by atoms with E-state index in [1.807, 2.05) is 25.3 Å². The first-order valence-electron chi connectivity index (χ1n) is 5.15. The fraction of sp³-hybridized carbons (Fsp3) is 0.455. The van der Waals surface area contributed by atoms with Crippen LogP contribution in [-0.4, -0.2) is 26.7 Å². The van der Waals surface area contributed by atoms with Gasteiger partial charge in [0.05, 0.1) is 21.9 Å². The van der Waals surface area contributed by atoms with Crippen LogP contribution in [0.1, 0.15) is 20.8 Å². The number of nitrogens with one attached hydrogen (secondary N) is 1. The van der Waals surface area contributed by atoms with Crippen molar-refractivity contribution >= 4 is 27.4 Å². The summed E-state index contributed by atoms with van der Waals surface area (Å²) in [4.78, 5) is 8.40. The van der Waals surface area contributed by atoms with E-state index in [0.717, 1.165) is 16.0 Å². The van der Waals surface area contributed by atoms with Crippen molar-refractivity contribution in [2.45, 2.75) is 32.4 Å². The average Bonchev–Trinajstić information content (AvgIpc) is 2.65. The van der Waals surface area contributed by atoms with Crippen molar-refractivity contribution in [3.63, 3.8) is 0 Å². The summed E-state index contributed by atoms with van der Waals surface area (Å²) in [5.41, 5.74) is 0.523. The molecule has 0 aliphatic heterocycles. The van der Waals surface area contributed by atoms with Gasteiger partial charge in [0, 0.05) is 0 Å². The Balaban J connectivity index is 2.37. The number of anilines is 1. The highest BCUT2D eigenvalue weighted by Gasteiger charge is 2.25. The van der Waals surface area contributed by atoms with Crippen LogP contribution >= 0.6 is 11.3 Å². The third kappa shape index (κ3) is 2.01. The fourth-order valence-electron chi connectivity index (χ4n) is 1.29. The van der Waals surface area contributed by atoms with Crippen molar-refractivity contribution in [2.75, 3.05) is 5.32 Å². The summed E-state index contributed by atoms with van der Waals surface area (Å²) in [7, 11) is 0. The third-order valence-corrected chi connectivity index (χ3v) is 3.64. The summed E-state index contributed by atoms with van der Waals surface area (Å²) in [6.07, 6.45) is 1.08. The molecular formula is C11H15N3OS. The van der Waals surface area contributed by atoms with E-state index in [2.05, 4.69) is 15.3 Å². The normalized spacial score (nSPS) is 14.0. The Kier molecular flexibility index (Phi) is 2.82. The number of aliphatic hydroxyl groups excluding tert-OH is 1. The molecule has 0 bridgehead atoms. The van der Waals surface area contributed by atoms with Gasteiger partial charge in [0.1, 0.15) is 12.1 Å². The highest BCUT2D eigenvalue weighted by atomic mass is 32.1. The van der Waals surface area contributed by atoms with Gasteiger partial charge in [-0.25, -0.2) is 9.97 Å². The lowest BCUT2D eigenvalue weighted by Crippen LogP contribution is -2.42. The largest absolute Gasteiger partial charge is 0.391 e. The van der Waals surface area contributed by atoms with Gasteiger partial charge in [0.25, 0.3) is 0 Å². The number of aliphatic hydroxyl groups is 1. The van der Waals surface area contributed by atoms with Gasteiger partial charge in [-0.3, -0.25) is 0 Å². The minimum atomic E-state index is -0.461. The first-order valence-corrected chi connectivity index (χ1v) is 6.03. The van der Waals surface area contributed by atoms with E-state index < -0.39 is 11.6 Å². The molecule has 0 fully saturated rings. The van der Waals surface area contributed by atoms with E-state index in [-0.39, 0.29) is 0 Å². The average molecular weight is 237 g/mol. The molecule has 0 aliphatic rings. The first kappa shape index (κ1) is 11.3. The van der Waals surface area contributed by atoms with Crippen LogP contribution in [0.15, 0.2) is 17.8 Å². The topological polar surface area (TPSA) is 58.0 Å². The highest BCUT2D eigenvalue weighted by molar-refractivity contribution is 7.17. The fourth-order valence-corrected chi connectivity index (χ4v) is 2.08. The van der Waals surface area contributed by atoms with E-state index in [9.17, 15) is 5.11 Å². The van der Waals surface area contributed by atoms with E-state index in [1.165, 1.54) is 6.33 Å². The second-order valence-corrected chi connectivity index (χ2v) is 5.30. The van der Waals surface area contributed by atoms with Crippen LogP contribution in [-0.2, 0) is 0 Å².